The summed E-state index contributed by atoms with van der Waals surface area (Å²) >= 11 is 0. The number of rotatable bonds is 3. The van der Waals surface area contributed by atoms with E-state index in [1.165, 1.54) is 7.11 Å². The molecule has 0 heterocycles. The van der Waals surface area contributed by atoms with Gasteiger partial charge in [0.25, 0.3) is 0 Å². The van der Waals surface area contributed by atoms with Crippen LogP contribution in [0.3, 0.4) is 0 Å². The summed E-state index contributed by atoms with van der Waals surface area (Å²) in [5.74, 6) is 0.131. The second-order valence-electron chi connectivity index (χ2n) is 2.24. The predicted molar refractivity (Wildman–Crippen MR) is 41.5 cm³/mol. The van der Waals surface area contributed by atoms with Gasteiger partial charge in [0.05, 0.1) is 7.11 Å². The van der Waals surface area contributed by atoms with Crippen LogP contribution in [0.15, 0.2) is 0 Å². The molecule has 0 aromatic carbocycles. The molecule has 0 fully saturated rings. The number of hydrogen-bond donors (Lipinski definition) is 3. The van der Waals surface area contributed by atoms with Gasteiger partial charge in [-0.05, 0) is 6.92 Å². The molecule has 2 amide bonds. The molecule has 4 N–H and O–H groups in total. The fraction of sp³-hybridized carbons (Fsp3) is 0.667. The molecule has 5 nitrogen and oxygen atoms in total. The van der Waals surface area contributed by atoms with Crippen molar-refractivity contribution in [1.29, 1.82) is 5.41 Å². The third kappa shape index (κ3) is 5.20. The summed E-state index contributed by atoms with van der Waals surface area (Å²) in [5.41, 5.74) is 4.85. The van der Waals surface area contributed by atoms with Crippen molar-refractivity contribution in [1.82, 2.24) is 5.32 Å². The van der Waals surface area contributed by atoms with Crippen molar-refractivity contribution in [3.05, 3.63) is 0 Å². The minimum atomic E-state index is -0.582. The van der Waals surface area contributed by atoms with E-state index in [0.717, 1.165) is 0 Å². The molecule has 1 unspecified atom stereocenters. The maximum atomic E-state index is 10.3. The minimum absolute atomic E-state index is 0.131. The number of methoxy groups -OCH3 is 1. The molecule has 0 saturated heterocycles. The van der Waals surface area contributed by atoms with Crippen molar-refractivity contribution >= 4 is 11.9 Å². The van der Waals surface area contributed by atoms with Gasteiger partial charge in [-0.2, -0.15) is 0 Å². The van der Waals surface area contributed by atoms with Crippen LogP contribution in [0.5, 0.6) is 0 Å². The summed E-state index contributed by atoms with van der Waals surface area (Å²) in [6.07, 6.45) is 0.361. The number of amides is 2. The van der Waals surface area contributed by atoms with Crippen LogP contribution >= 0.6 is 0 Å². The highest BCUT2D eigenvalue weighted by Gasteiger charge is 2.06. The Hall–Kier alpha value is -1.26. The average Bonchev–Trinajstić information content (AvgIpc) is 1.85. The van der Waals surface area contributed by atoms with Crippen LogP contribution in [-0.4, -0.2) is 25.1 Å². The highest BCUT2D eigenvalue weighted by Crippen LogP contribution is 1.91. The molecule has 5 heteroatoms. The lowest BCUT2D eigenvalue weighted by Crippen LogP contribution is -2.38. The SMILES string of the molecule is COC(=N)CC(C)NC(N)=O. The summed E-state index contributed by atoms with van der Waals surface area (Å²) in [7, 11) is 1.42. The zero-order valence-electron chi connectivity index (χ0n) is 6.68. The van der Waals surface area contributed by atoms with E-state index >= 15 is 0 Å². The lowest BCUT2D eigenvalue weighted by Gasteiger charge is -2.10. The third-order valence-corrected chi connectivity index (χ3v) is 1.13. The van der Waals surface area contributed by atoms with Crippen LogP contribution in [-0.2, 0) is 4.74 Å². The molecule has 0 rings (SSSR count). The topological polar surface area (TPSA) is 88.2 Å². The first-order valence-corrected chi connectivity index (χ1v) is 3.23. The lowest BCUT2D eigenvalue weighted by molar-refractivity contribution is 0.245. The van der Waals surface area contributed by atoms with Crippen molar-refractivity contribution in [2.75, 3.05) is 7.11 Å². The van der Waals surface area contributed by atoms with Gasteiger partial charge in [0.2, 0.25) is 0 Å². The predicted octanol–water partition coefficient (Wildman–Crippen LogP) is 0.0570. The largest absolute Gasteiger partial charge is 0.484 e. The van der Waals surface area contributed by atoms with E-state index < -0.39 is 6.03 Å². The number of urea groups is 1. The van der Waals surface area contributed by atoms with Gasteiger partial charge < -0.3 is 15.8 Å². The Labute approximate surface area is 65.4 Å². The normalized spacial score (nSPS) is 11.8. The molecule has 0 saturated carbocycles. The van der Waals surface area contributed by atoms with Gasteiger partial charge in [-0.25, -0.2) is 4.79 Å². The number of primary amides is 1. The third-order valence-electron chi connectivity index (χ3n) is 1.13. The number of nitrogens with one attached hydrogen (secondary N) is 2. The van der Waals surface area contributed by atoms with Crippen molar-refractivity contribution in [2.45, 2.75) is 19.4 Å². The van der Waals surface area contributed by atoms with E-state index in [1.807, 2.05) is 0 Å². The fourth-order valence-electron chi connectivity index (χ4n) is 0.655. The van der Waals surface area contributed by atoms with Crippen molar-refractivity contribution in [3.63, 3.8) is 0 Å². The molecule has 0 aromatic rings. The zero-order chi connectivity index (χ0) is 8.85. The van der Waals surface area contributed by atoms with E-state index in [4.69, 9.17) is 11.1 Å². The Morgan fingerprint density at radius 3 is 2.73 bits per heavy atom. The van der Waals surface area contributed by atoms with Gasteiger partial charge in [0.1, 0.15) is 0 Å². The standard InChI is InChI=1S/C6H13N3O2/c1-4(9-6(8)10)3-5(7)11-2/h4,7H,3H2,1-2H3,(H3,8,9,10). The number of carbonyl (C=O) groups excluding carboxylic acids is 1. The number of nitrogens with two attached hydrogens (primary N) is 1. The van der Waals surface area contributed by atoms with Gasteiger partial charge in [0, 0.05) is 12.5 Å². The van der Waals surface area contributed by atoms with Crippen LogP contribution in [0, 0.1) is 5.41 Å². The second kappa shape index (κ2) is 4.54. The van der Waals surface area contributed by atoms with Gasteiger partial charge >= 0.3 is 6.03 Å². The number of ether oxygens (including phenoxy) is 1. The van der Waals surface area contributed by atoms with Crippen LogP contribution in [0.1, 0.15) is 13.3 Å². The van der Waals surface area contributed by atoms with E-state index in [0.29, 0.717) is 6.42 Å². The summed E-state index contributed by atoms with van der Waals surface area (Å²) in [4.78, 5) is 10.3. The molecule has 1 atom stereocenters. The molecular weight excluding hydrogens is 146 g/mol. The molecule has 0 spiro atoms. The second-order valence-corrected chi connectivity index (χ2v) is 2.24. The highest BCUT2D eigenvalue weighted by atomic mass is 16.5. The zero-order valence-corrected chi connectivity index (χ0v) is 6.68. The maximum absolute atomic E-state index is 10.3. The van der Waals surface area contributed by atoms with Crippen LogP contribution < -0.4 is 11.1 Å². The lowest BCUT2D eigenvalue weighted by atomic mass is 10.2. The van der Waals surface area contributed by atoms with Crippen LogP contribution in [0.2, 0.25) is 0 Å². The Morgan fingerprint density at radius 1 is 1.82 bits per heavy atom. The Bertz CT molecular complexity index is 158. The molecule has 64 valence electrons. The first-order chi connectivity index (χ1) is 5.06. The van der Waals surface area contributed by atoms with E-state index in [9.17, 15) is 4.79 Å². The smallest absolute Gasteiger partial charge is 0.312 e. The summed E-state index contributed by atoms with van der Waals surface area (Å²) in [5, 5.41) is 9.52. The average molecular weight is 159 g/mol. The highest BCUT2D eigenvalue weighted by molar-refractivity contribution is 5.75. The van der Waals surface area contributed by atoms with Crippen LogP contribution in [0.25, 0.3) is 0 Å². The van der Waals surface area contributed by atoms with Crippen molar-refractivity contribution in [3.8, 4) is 0 Å². The quantitative estimate of drug-likeness (QED) is 0.401. The maximum Gasteiger partial charge on any atom is 0.312 e. The van der Waals surface area contributed by atoms with Gasteiger partial charge in [-0.1, -0.05) is 0 Å². The van der Waals surface area contributed by atoms with Gasteiger partial charge in [-0.15, -0.1) is 0 Å². The van der Waals surface area contributed by atoms with Crippen LogP contribution in [0.4, 0.5) is 4.79 Å². The van der Waals surface area contributed by atoms with E-state index in [2.05, 4.69) is 10.1 Å². The Balaban J connectivity index is 3.60. The summed E-state index contributed by atoms with van der Waals surface area (Å²) in [6.45, 7) is 1.75. The molecular formula is C6H13N3O2. The molecule has 0 aliphatic rings. The number of carbonyl (C=O) groups is 1. The fourth-order valence-corrected chi connectivity index (χ4v) is 0.655. The minimum Gasteiger partial charge on any atom is -0.484 e. The molecule has 0 aliphatic carbocycles. The Kier molecular flexibility index (Phi) is 4.02. The molecule has 0 bridgehead atoms. The molecule has 0 radical (unpaired) electrons. The van der Waals surface area contributed by atoms with Gasteiger partial charge in [0.15, 0.2) is 5.90 Å². The summed E-state index contributed by atoms with van der Waals surface area (Å²) < 4.78 is 4.59. The van der Waals surface area contributed by atoms with E-state index in [-0.39, 0.29) is 11.9 Å². The van der Waals surface area contributed by atoms with Crippen molar-refractivity contribution < 1.29 is 9.53 Å². The van der Waals surface area contributed by atoms with Gasteiger partial charge in [-0.3, -0.25) is 5.41 Å². The Morgan fingerprint density at radius 2 is 2.36 bits per heavy atom. The monoisotopic (exact) mass is 159 g/mol. The number of hydrogen-bond acceptors (Lipinski definition) is 3. The molecule has 0 aromatic heterocycles. The molecule has 0 aliphatic heterocycles. The van der Waals surface area contributed by atoms with E-state index in [1.54, 1.807) is 6.92 Å². The first kappa shape index (κ1) is 9.74. The van der Waals surface area contributed by atoms with Crippen molar-refractivity contribution in [2.24, 2.45) is 5.73 Å². The first-order valence-electron chi connectivity index (χ1n) is 3.23. The summed E-state index contributed by atoms with van der Waals surface area (Å²) in [6, 6.07) is -0.735. The molecule has 11 heavy (non-hydrogen) atoms.